The van der Waals surface area contributed by atoms with Crippen LogP contribution in [-0.2, 0) is 0 Å². The van der Waals surface area contributed by atoms with Crippen molar-refractivity contribution in [2.24, 2.45) is 0 Å². The number of nitrogens with one attached hydrogen (secondary N) is 1. The molecule has 1 heterocycles. The number of ether oxygens (including phenoxy) is 2. The second-order valence-corrected chi connectivity index (χ2v) is 5.20. The third-order valence-corrected chi connectivity index (χ3v) is 3.91. The number of amides is 1. The minimum absolute atomic E-state index is 0.0121. The van der Waals surface area contributed by atoms with E-state index < -0.39 is 0 Å². The number of carbonyl (C=O) groups is 1. The summed E-state index contributed by atoms with van der Waals surface area (Å²) in [4.78, 5) is 14.6. The Morgan fingerprint density at radius 3 is 2.76 bits per heavy atom. The minimum atomic E-state index is -0.0121. The van der Waals surface area contributed by atoms with Gasteiger partial charge in [0.15, 0.2) is 0 Å². The molecule has 1 aromatic rings. The normalized spacial score (nSPS) is 17.6. The van der Waals surface area contributed by atoms with Gasteiger partial charge in [-0.05, 0) is 44.5 Å². The van der Waals surface area contributed by atoms with E-state index in [1.165, 1.54) is 6.42 Å². The third-order valence-electron chi connectivity index (χ3n) is 3.91. The largest absolute Gasteiger partial charge is 0.497 e. The Balaban J connectivity index is 2.19. The van der Waals surface area contributed by atoms with Crippen molar-refractivity contribution in [1.82, 2.24) is 10.2 Å². The van der Waals surface area contributed by atoms with Gasteiger partial charge in [0.25, 0.3) is 5.91 Å². The zero-order chi connectivity index (χ0) is 15.2. The van der Waals surface area contributed by atoms with Crippen LogP contribution in [0.5, 0.6) is 11.5 Å². The second kappa shape index (κ2) is 7.31. The van der Waals surface area contributed by atoms with E-state index in [9.17, 15) is 4.79 Å². The average molecular weight is 292 g/mol. The average Bonchev–Trinajstić information content (AvgIpc) is 3.04. The summed E-state index contributed by atoms with van der Waals surface area (Å²) in [5.41, 5.74) is 0.552. The van der Waals surface area contributed by atoms with Crippen LogP contribution < -0.4 is 14.8 Å². The van der Waals surface area contributed by atoms with E-state index in [0.29, 0.717) is 29.6 Å². The van der Waals surface area contributed by atoms with Crippen molar-refractivity contribution in [3.63, 3.8) is 0 Å². The van der Waals surface area contributed by atoms with Crippen LogP contribution in [0.15, 0.2) is 18.2 Å². The highest BCUT2D eigenvalue weighted by Crippen LogP contribution is 2.25. The van der Waals surface area contributed by atoms with Crippen molar-refractivity contribution < 1.29 is 14.3 Å². The maximum Gasteiger partial charge on any atom is 0.257 e. The highest BCUT2D eigenvalue weighted by molar-refractivity contribution is 5.97. The fourth-order valence-electron chi connectivity index (χ4n) is 2.69. The predicted octanol–water partition coefficient (Wildman–Crippen LogP) is 1.92. The maximum absolute atomic E-state index is 12.8. The zero-order valence-corrected chi connectivity index (χ0v) is 13.0. The smallest absolute Gasteiger partial charge is 0.257 e. The summed E-state index contributed by atoms with van der Waals surface area (Å²) in [7, 11) is 3.17. The Morgan fingerprint density at radius 1 is 1.38 bits per heavy atom. The van der Waals surface area contributed by atoms with Crippen LogP contribution in [0.1, 0.15) is 30.1 Å². The topological polar surface area (TPSA) is 50.8 Å². The van der Waals surface area contributed by atoms with Gasteiger partial charge in [-0.2, -0.15) is 0 Å². The summed E-state index contributed by atoms with van der Waals surface area (Å²) in [6.45, 7) is 4.45. The first-order valence-corrected chi connectivity index (χ1v) is 7.44. The molecule has 5 heteroatoms. The lowest BCUT2D eigenvalue weighted by Crippen LogP contribution is -2.41. The van der Waals surface area contributed by atoms with Gasteiger partial charge in [-0.1, -0.05) is 0 Å². The van der Waals surface area contributed by atoms with Crippen LogP contribution >= 0.6 is 0 Å². The molecule has 5 nitrogen and oxygen atoms in total. The molecule has 1 aromatic carbocycles. The Morgan fingerprint density at radius 2 is 2.19 bits per heavy atom. The number of benzene rings is 1. The highest BCUT2D eigenvalue weighted by Gasteiger charge is 2.23. The first-order valence-electron chi connectivity index (χ1n) is 7.44. The first-order chi connectivity index (χ1) is 10.2. The number of hydrogen-bond acceptors (Lipinski definition) is 4. The molecule has 0 bridgehead atoms. The molecule has 1 aliphatic rings. The van der Waals surface area contributed by atoms with Gasteiger partial charge in [0.1, 0.15) is 11.5 Å². The number of methoxy groups -OCH3 is 2. The molecule has 1 atom stereocenters. The fourth-order valence-corrected chi connectivity index (χ4v) is 2.69. The van der Waals surface area contributed by atoms with E-state index in [-0.39, 0.29) is 5.91 Å². The van der Waals surface area contributed by atoms with Gasteiger partial charge >= 0.3 is 0 Å². The monoisotopic (exact) mass is 292 g/mol. The SMILES string of the molecule is CCN(CC1CCCN1)C(=O)c1cc(OC)ccc1OC. The molecule has 1 saturated heterocycles. The molecule has 1 fully saturated rings. The van der Waals surface area contributed by atoms with Gasteiger partial charge in [0.2, 0.25) is 0 Å². The number of rotatable bonds is 6. The van der Waals surface area contributed by atoms with Crippen molar-refractivity contribution in [3.05, 3.63) is 23.8 Å². The van der Waals surface area contributed by atoms with Crippen LogP contribution in [0.2, 0.25) is 0 Å². The summed E-state index contributed by atoms with van der Waals surface area (Å²) < 4.78 is 10.5. The molecular formula is C16H24N2O3. The Hall–Kier alpha value is -1.75. The zero-order valence-electron chi connectivity index (χ0n) is 13.0. The molecule has 0 spiro atoms. The maximum atomic E-state index is 12.8. The van der Waals surface area contributed by atoms with E-state index >= 15 is 0 Å². The van der Waals surface area contributed by atoms with Gasteiger partial charge in [0, 0.05) is 19.1 Å². The first kappa shape index (κ1) is 15.6. The molecule has 0 saturated carbocycles. The molecule has 1 amide bonds. The lowest BCUT2D eigenvalue weighted by Gasteiger charge is -2.25. The lowest BCUT2D eigenvalue weighted by molar-refractivity contribution is 0.0747. The molecule has 1 aliphatic heterocycles. The van der Waals surface area contributed by atoms with E-state index in [2.05, 4.69) is 5.32 Å². The molecule has 1 unspecified atom stereocenters. The number of likely N-dealkylation sites (N-methyl/N-ethyl adjacent to an activating group) is 1. The van der Waals surface area contributed by atoms with Crippen molar-refractivity contribution >= 4 is 5.91 Å². The van der Waals surface area contributed by atoms with Gasteiger partial charge in [-0.15, -0.1) is 0 Å². The summed E-state index contributed by atoms with van der Waals surface area (Å²) in [5.74, 6) is 1.23. The Kier molecular flexibility index (Phi) is 5.44. The van der Waals surface area contributed by atoms with Crippen LogP contribution in [0.3, 0.4) is 0 Å². The number of nitrogens with zero attached hydrogens (tertiary/aromatic N) is 1. The Labute approximate surface area is 126 Å². The van der Waals surface area contributed by atoms with E-state index in [1.807, 2.05) is 11.8 Å². The predicted molar refractivity (Wildman–Crippen MR) is 82.1 cm³/mol. The molecule has 1 N–H and O–H groups in total. The molecule has 116 valence electrons. The van der Waals surface area contributed by atoms with E-state index in [4.69, 9.17) is 9.47 Å². The molecule has 2 rings (SSSR count). The van der Waals surface area contributed by atoms with Crippen molar-refractivity contribution in [2.45, 2.75) is 25.8 Å². The van der Waals surface area contributed by atoms with Crippen LogP contribution in [0.4, 0.5) is 0 Å². The van der Waals surface area contributed by atoms with Gasteiger partial charge < -0.3 is 19.7 Å². The standard InChI is InChI=1S/C16H24N2O3/c1-4-18(11-12-6-5-9-17-12)16(19)14-10-13(20-2)7-8-15(14)21-3/h7-8,10,12,17H,4-6,9,11H2,1-3H3. The van der Waals surface area contributed by atoms with Crippen LogP contribution in [0, 0.1) is 0 Å². The highest BCUT2D eigenvalue weighted by atomic mass is 16.5. The summed E-state index contributed by atoms with van der Waals surface area (Å²) in [6, 6.07) is 5.70. The molecule has 0 radical (unpaired) electrons. The van der Waals surface area contributed by atoms with Gasteiger partial charge in [-0.3, -0.25) is 4.79 Å². The number of hydrogen-bond donors (Lipinski definition) is 1. The number of carbonyl (C=O) groups excluding carboxylic acids is 1. The lowest BCUT2D eigenvalue weighted by atomic mass is 10.1. The molecular weight excluding hydrogens is 268 g/mol. The quantitative estimate of drug-likeness (QED) is 0.870. The minimum Gasteiger partial charge on any atom is -0.497 e. The molecule has 21 heavy (non-hydrogen) atoms. The van der Waals surface area contributed by atoms with Crippen LogP contribution in [0.25, 0.3) is 0 Å². The Bertz CT molecular complexity index is 484. The van der Waals surface area contributed by atoms with Gasteiger partial charge in [-0.25, -0.2) is 0 Å². The van der Waals surface area contributed by atoms with Crippen molar-refractivity contribution in [2.75, 3.05) is 33.9 Å². The van der Waals surface area contributed by atoms with Crippen molar-refractivity contribution in [3.8, 4) is 11.5 Å². The molecule has 0 aliphatic carbocycles. The molecule has 0 aromatic heterocycles. The summed E-state index contributed by atoms with van der Waals surface area (Å²) in [5, 5.41) is 3.43. The summed E-state index contributed by atoms with van der Waals surface area (Å²) >= 11 is 0. The van der Waals surface area contributed by atoms with Gasteiger partial charge in [0.05, 0.1) is 19.8 Å². The van der Waals surface area contributed by atoms with Crippen LogP contribution in [-0.4, -0.2) is 50.7 Å². The van der Waals surface area contributed by atoms with E-state index in [1.54, 1.807) is 32.4 Å². The summed E-state index contributed by atoms with van der Waals surface area (Å²) in [6.07, 6.45) is 2.30. The van der Waals surface area contributed by atoms with E-state index in [0.717, 1.165) is 19.5 Å². The third kappa shape index (κ3) is 3.67. The fraction of sp³-hybridized carbons (Fsp3) is 0.562. The second-order valence-electron chi connectivity index (χ2n) is 5.20. The van der Waals surface area contributed by atoms with Crippen molar-refractivity contribution in [1.29, 1.82) is 0 Å².